The van der Waals surface area contributed by atoms with Crippen molar-refractivity contribution in [1.29, 1.82) is 0 Å². The van der Waals surface area contributed by atoms with Gasteiger partial charge in [0.05, 0.1) is 17.1 Å². The topological polar surface area (TPSA) is 60.3 Å². The van der Waals surface area contributed by atoms with E-state index in [1.807, 2.05) is 13.8 Å². The highest BCUT2D eigenvalue weighted by atomic mass is 79.9. The van der Waals surface area contributed by atoms with Gasteiger partial charge in [0.25, 0.3) is 5.56 Å². The second-order valence-corrected chi connectivity index (χ2v) is 5.56. The van der Waals surface area contributed by atoms with Crippen LogP contribution in [0.25, 0.3) is 0 Å². The van der Waals surface area contributed by atoms with Gasteiger partial charge in [0.1, 0.15) is 0 Å². The highest BCUT2D eigenvalue weighted by Crippen LogP contribution is 2.14. The fourth-order valence-corrected chi connectivity index (χ4v) is 1.60. The van der Waals surface area contributed by atoms with E-state index < -0.39 is 0 Å². The van der Waals surface area contributed by atoms with Crippen LogP contribution in [0, 0.1) is 5.92 Å². The Morgan fingerprint density at radius 3 is 2.74 bits per heavy atom. The molecule has 0 aliphatic rings. The van der Waals surface area contributed by atoms with Gasteiger partial charge >= 0.3 is 0 Å². The lowest BCUT2D eigenvalue weighted by atomic mass is 10.1. The van der Waals surface area contributed by atoms with E-state index in [2.05, 4.69) is 21.2 Å². The summed E-state index contributed by atoms with van der Waals surface area (Å²) in [7, 11) is 1.58. The molecule has 19 heavy (non-hydrogen) atoms. The molecule has 1 unspecified atom stereocenters. The number of ether oxygens (including phenoxy) is 1. The summed E-state index contributed by atoms with van der Waals surface area (Å²) in [5, 5.41) is 2.78. The molecular formula is C13H19BrN2O3. The summed E-state index contributed by atoms with van der Waals surface area (Å²) in [6, 6.07) is 3.04. The van der Waals surface area contributed by atoms with Crippen LogP contribution in [-0.2, 0) is 16.1 Å². The molecule has 6 heteroatoms. The summed E-state index contributed by atoms with van der Waals surface area (Å²) < 4.78 is 6.45. The van der Waals surface area contributed by atoms with Crippen molar-refractivity contribution in [3.8, 4) is 0 Å². The zero-order valence-electron chi connectivity index (χ0n) is 11.4. The van der Waals surface area contributed by atoms with Crippen LogP contribution in [-0.4, -0.2) is 29.0 Å². The minimum Gasteiger partial charge on any atom is -0.383 e. The molecule has 0 bridgehead atoms. The number of carbonyl (C=O) groups excluding carboxylic acids is 1. The second-order valence-electron chi connectivity index (χ2n) is 4.58. The molecule has 0 spiro atoms. The summed E-state index contributed by atoms with van der Waals surface area (Å²) >= 11 is 3.34. The molecule has 1 amide bonds. The highest BCUT2D eigenvalue weighted by Gasteiger charge is 2.18. The molecular weight excluding hydrogens is 312 g/mol. The van der Waals surface area contributed by atoms with E-state index in [-0.39, 0.29) is 22.2 Å². The Morgan fingerprint density at radius 2 is 2.16 bits per heavy atom. The Kier molecular flexibility index (Phi) is 6.24. The normalized spacial score (nSPS) is 12.5. The molecule has 1 rings (SSSR count). The largest absolute Gasteiger partial charge is 0.383 e. The van der Waals surface area contributed by atoms with Crippen LogP contribution in [0.1, 0.15) is 13.8 Å². The van der Waals surface area contributed by atoms with Crippen molar-refractivity contribution in [2.45, 2.75) is 25.2 Å². The SMILES string of the molecule is COCCn1cc(NC(=O)C(Br)C(C)C)ccc1=O. The fourth-order valence-electron chi connectivity index (χ4n) is 1.48. The molecule has 0 aliphatic heterocycles. The Bertz CT molecular complexity index is 485. The Balaban J connectivity index is 2.79. The van der Waals surface area contributed by atoms with Gasteiger partial charge in [-0.1, -0.05) is 29.8 Å². The van der Waals surface area contributed by atoms with Gasteiger partial charge in [-0.3, -0.25) is 9.59 Å². The minimum atomic E-state index is -0.258. The number of amides is 1. The molecule has 5 nitrogen and oxygen atoms in total. The van der Waals surface area contributed by atoms with E-state index in [1.165, 1.54) is 10.6 Å². The molecule has 1 aromatic heterocycles. The summed E-state index contributed by atoms with van der Waals surface area (Å²) in [6.45, 7) is 4.82. The molecule has 1 aromatic rings. The lowest BCUT2D eigenvalue weighted by Gasteiger charge is -2.14. The van der Waals surface area contributed by atoms with E-state index in [0.29, 0.717) is 18.8 Å². The first-order valence-corrected chi connectivity index (χ1v) is 7.01. The monoisotopic (exact) mass is 330 g/mol. The maximum atomic E-state index is 11.9. The maximum Gasteiger partial charge on any atom is 0.250 e. The lowest BCUT2D eigenvalue weighted by Crippen LogP contribution is -2.28. The number of alkyl halides is 1. The van der Waals surface area contributed by atoms with Gasteiger partial charge in [0, 0.05) is 25.9 Å². The molecule has 0 radical (unpaired) electrons. The average molecular weight is 331 g/mol. The predicted molar refractivity (Wildman–Crippen MR) is 78.8 cm³/mol. The van der Waals surface area contributed by atoms with Crippen molar-refractivity contribution in [3.63, 3.8) is 0 Å². The zero-order valence-corrected chi connectivity index (χ0v) is 12.9. The van der Waals surface area contributed by atoms with Crippen LogP contribution < -0.4 is 10.9 Å². The number of hydrogen-bond donors (Lipinski definition) is 1. The summed E-state index contributed by atoms with van der Waals surface area (Å²) in [6.07, 6.45) is 1.62. The summed E-state index contributed by atoms with van der Waals surface area (Å²) in [4.78, 5) is 23.2. The Morgan fingerprint density at radius 1 is 1.47 bits per heavy atom. The van der Waals surface area contributed by atoms with Crippen LogP contribution in [0.4, 0.5) is 5.69 Å². The van der Waals surface area contributed by atoms with Gasteiger partial charge < -0.3 is 14.6 Å². The average Bonchev–Trinajstić information content (AvgIpc) is 2.38. The van der Waals surface area contributed by atoms with Crippen LogP contribution in [0.3, 0.4) is 0 Å². The summed E-state index contributed by atoms with van der Waals surface area (Å²) in [5.41, 5.74) is 0.486. The van der Waals surface area contributed by atoms with Gasteiger partial charge in [-0.15, -0.1) is 0 Å². The van der Waals surface area contributed by atoms with Crippen LogP contribution >= 0.6 is 15.9 Å². The van der Waals surface area contributed by atoms with E-state index >= 15 is 0 Å². The summed E-state index contributed by atoms with van der Waals surface area (Å²) in [5.74, 6) is 0.0753. The highest BCUT2D eigenvalue weighted by molar-refractivity contribution is 9.10. The molecule has 0 fully saturated rings. The number of nitrogens with zero attached hydrogens (tertiary/aromatic N) is 1. The van der Waals surface area contributed by atoms with Crippen molar-refractivity contribution in [3.05, 3.63) is 28.7 Å². The first-order chi connectivity index (χ1) is 8.95. The zero-order chi connectivity index (χ0) is 14.4. The first-order valence-electron chi connectivity index (χ1n) is 6.10. The minimum absolute atomic E-state index is 0.116. The third-order valence-electron chi connectivity index (χ3n) is 2.62. The van der Waals surface area contributed by atoms with Gasteiger partial charge in [-0.2, -0.15) is 0 Å². The van der Waals surface area contributed by atoms with Crippen molar-refractivity contribution in [2.75, 3.05) is 19.0 Å². The molecule has 0 aromatic carbocycles. The Labute approximate surface area is 121 Å². The second kappa shape index (κ2) is 7.45. The van der Waals surface area contributed by atoms with Gasteiger partial charge in [0.15, 0.2) is 0 Å². The number of carbonyl (C=O) groups is 1. The van der Waals surface area contributed by atoms with Gasteiger partial charge in [0.2, 0.25) is 5.91 Å². The number of aromatic nitrogens is 1. The smallest absolute Gasteiger partial charge is 0.250 e. The van der Waals surface area contributed by atoms with Gasteiger partial charge in [-0.25, -0.2) is 0 Å². The van der Waals surface area contributed by atoms with Crippen molar-refractivity contribution in [2.24, 2.45) is 5.92 Å². The van der Waals surface area contributed by atoms with Crippen LogP contribution in [0.2, 0.25) is 0 Å². The molecule has 1 atom stereocenters. The molecule has 1 heterocycles. The number of methoxy groups -OCH3 is 1. The third-order valence-corrected chi connectivity index (χ3v) is 4.10. The number of hydrogen-bond acceptors (Lipinski definition) is 3. The maximum absolute atomic E-state index is 11.9. The number of anilines is 1. The number of nitrogens with one attached hydrogen (secondary N) is 1. The molecule has 0 saturated heterocycles. The fraction of sp³-hybridized carbons (Fsp3) is 0.538. The number of pyridine rings is 1. The third kappa shape index (κ3) is 4.80. The molecule has 0 aliphatic carbocycles. The van der Waals surface area contributed by atoms with Crippen molar-refractivity contribution in [1.82, 2.24) is 4.57 Å². The molecule has 1 N–H and O–H groups in total. The van der Waals surface area contributed by atoms with E-state index in [0.717, 1.165) is 0 Å². The van der Waals surface area contributed by atoms with E-state index in [1.54, 1.807) is 19.4 Å². The first kappa shape index (κ1) is 15.9. The predicted octanol–water partition coefficient (Wildman–Crippen LogP) is 1.85. The van der Waals surface area contributed by atoms with Gasteiger partial charge in [-0.05, 0) is 12.0 Å². The Hall–Kier alpha value is -1.14. The standard InChI is InChI=1S/C13H19BrN2O3/c1-9(2)12(14)13(18)15-10-4-5-11(17)16(8-10)6-7-19-3/h4-5,8-9,12H,6-7H2,1-3H3,(H,15,18). The van der Waals surface area contributed by atoms with E-state index in [4.69, 9.17) is 4.74 Å². The van der Waals surface area contributed by atoms with E-state index in [9.17, 15) is 9.59 Å². The molecule has 0 saturated carbocycles. The molecule has 106 valence electrons. The quantitative estimate of drug-likeness (QED) is 0.810. The van der Waals surface area contributed by atoms with Crippen molar-refractivity contribution >= 4 is 27.5 Å². The van der Waals surface area contributed by atoms with Crippen LogP contribution in [0.15, 0.2) is 23.1 Å². The number of rotatable bonds is 6. The van der Waals surface area contributed by atoms with Crippen molar-refractivity contribution < 1.29 is 9.53 Å². The van der Waals surface area contributed by atoms with Crippen LogP contribution in [0.5, 0.6) is 0 Å². The lowest BCUT2D eigenvalue weighted by molar-refractivity contribution is -0.116. The number of halogens is 1.